The van der Waals surface area contributed by atoms with Gasteiger partial charge in [-0.3, -0.25) is 0 Å². The zero-order chi connectivity index (χ0) is 18.8. The molecule has 0 atom stereocenters. The van der Waals surface area contributed by atoms with Gasteiger partial charge >= 0.3 is 0 Å². The molecule has 0 spiro atoms. The topological polar surface area (TPSA) is 0 Å². The average Bonchev–Trinajstić information content (AvgIpc) is 3.49. The van der Waals surface area contributed by atoms with Crippen molar-refractivity contribution in [2.45, 2.75) is 97.3 Å². The maximum Gasteiger partial charge on any atom is 0.126 e. The summed E-state index contributed by atoms with van der Waals surface area (Å²) in [5.74, 6) is 5.09. The van der Waals surface area contributed by atoms with Crippen molar-refractivity contribution in [3.63, 3.8) is 0 Å². The molecule has 3 aliphatic rings. The molecule has 0 saturated heterocycles. The molecule has 0 heterocycles. The Hall–Kier alpha value is -0.850. The number of hydrogen-bond acceptors (Lipinski definition) is 0. The summed E-state index contributed by atoms with van der Waals surface area (Å²) >= 11 is 0. The van der Waals surface area contributed by atoms with E-state index in [-0.39, 0.29) is 5.82 Å². The van der Waals surface area contributed by atoms with Gasteiger partial charge in [0.05, 0.1) is 0 Å². The van der Waals surface area contributed by atoms with Crippen LogP contribution in [0.3, 0.4) is 0 Å². The second-order valence-corrected chi connectivity index (χ2v) is 10.3. The fourth-order valence-corrected chi connectivity index (χ4v) is 6.07. The summed E-state index contributed by atoms with van der Waals surface area (Å²) in [4.78, 5) is 0. The molecule has 0 aromatic heterocycles. The third-order valence-electron chi connectivity index (χ3n) is 8.32. The minimum atomic E-state index is -0.0222. The van der Waals surface area contributed by atoms with Crippen LogP contribution in [0.2, 0.25) is 0 Å². The van der Waals surface area contributed by atoms with Crippen molar-refractivity contribution in [2.24, 2.45) is 29.6 Å². The van der Waals surface area contributed by atoms with E-state index >= 15 is 0 Å². The first kappa shape index (κ1) is 19.5. The number of halogens is 1. The molecule has 0 bridgehead atoms. The summed E-state index contributed by atoms with van der Waals surface area (Å²) in [6.45, 7) is 3.92. The highest BCUT2D eigenvalue weighted by Gasteiger charge is 2.33. The normalized spacial score (nSPS) is 31.8. The lowest BCUT2D eigenvalue weighted by Crippen LogP contribution is -2.26. The molecule has 4 rings (SSSR count). The van der Waals surface area contributed by atoms with Crippen LogP contribution in [0.25, 0.3) is 0 Å². The molecule has 0 N–H and O–H groups in total. The van der Waals surface area contributed by atoms with Crippen molar-refractivity contribution in [1.29, 1.82) is 0 Å². The standard InChI is InChI=1S/C26H39F/c1-18-15-23(17-26(27)19(18)2)6-3-20-7-11-24(12-8-20)25-13-9-22(10-14-25)16-21-4-5-21/h15,17,20-22,24-25H,3-14,16H2,1-2H3. The summed E-state index contributed by atoms with van der Waals surface area (Å²) in [5.41, 5.74) is 3.11. The van der Waals surface area contributed by atoms with Gasteiger partial charge in [0.1, 0.15) is 5.82 Å². The summed E-state index contributed by atoms with van der Waals surface area (Å²) in [6.07, 6.45) is 18.8. The molecule has 1 heteroatoms. The van der Waals surface area contributed by atoms with Gasteiger partial charge in [-0.2, -0.15) is 0 Å². The quantitative estimate of drug-likeness (QED) is 0.479. The van der Waals surface area contributed by atoms with Gasteiger partial charge in [0.2, 0.25) is 0 Å². The van der Waals surface area contributed by atoms with Crippen molar-refractivity contribution in [3.8, 4) is 0 Å². The highest BCUT2D eigenvalue weighted by molar-refractivity contribution is 5.31. The van der Waals surface area contributed by atoms with Crippen LogP contribution >= 0.6 is 0 Å². The first-order chi connectivity index (χ1) is 13.1. The summed E-state index contributed by atoms with van der Waals surface area (Å²) in [6, 6.07) is 3.97. The average molecular weight is 371 g/mol. The second kappa shape index (κ2) is 8.66. The van der Waals surface area contributed by atoms with Gasteiger partial charge in [-0.25, -0.2) is 4.39 Å². The van der Waals surface area contributed by atoms with Gasteiger partial charge in [-0.1, -0.05) is 44.6 Å². The lowest BCUT2D eigenvalue weighted by atomic mass is 9.68. The molecule has 0 amide bonds. The molecule has 0 aliphatic heterocycles. The molecule has 3 saturated carbocycles. The molecular weight excluding hydrogens is 331 g/mol. The first-order valence-corrected chi connectivity index (χ1v) is 11.8. The van der Waals surface area contributed by atoms with Crippen molar-refractivity contribution in [2.75, 3.05) is 0 Å². The molecule has 3 fully saturated rings. The van der Waals surface area contributed by atoms with E-state index in [1.165, 1.54) is 76.2 Å². The summed E-state index contributed by atoms with van der Waals surface area (Å²) in [5, 5.41) is 0. The predicted molar refractivity (Wildman–Crippen MR) is 112 cm³/mol. The molecule has 3 aliphatic carbocycles. The van der Waals surface area contributed by atoms with Crippen LogP contribution in [-0.4, -0.2) is 0 Å². The Morgan fingerprint density at radius 1 is 0.741 bits per heavy atom. The molecule has 0 radical (unpaired) electrons. The number of aryl methyl sites for hydroxylation is 2. The van der Waals surface area contributed by atoms with Crippen LogP contribution in [0.5, 0.6) is 0 Å². The van der Waals surface area contributed by atoms with Crippen LogP contribution in [0.4, 0.5) is 4.39 Å². The number of benzene rings is 1. The van der Waals surface area contributed by atoms with Gasteiger partial charge in [0.25, 0.3) is 0 Å². The first-order valence-electron chi connectivity index (χ1n) is 11.8. The van der Waals surface area contributed by atoms with Crippen LogP contribution in [0.15, 0.2) is 12.1 Å². The van der Waals surface area contributed by atoms with E-state index in [0.717, 1.165) is 47.1 Å². The van der Waals surface area contributed by atoms with Crippen LogP contribution in [0, 0.1) is 49.3 Å². The highest BCUT2D eigenvalue weighted by atomic mass is 19.1. The fraction of sp³-hybridized carbons (Fsp3) is 0.769. The smallest absolute Gasteiger partial charge is 0.126 e. The molecule has 150 valence electrons. The minimum Gasteiger partial charge on any atom is -0.207 e. The Bertz CT molecular complexity index is 590. The Morgan fingerprint density at radius 3 is 1.78 bits per heavy atom. The molecule has 27 heavy (non-hydrogen) atoms. The van der Waals surface area contributed by atoms with E-state index in [0.29, 0.717) is 0 Å². The van der Waals surface area contributed by atoms with E-state index in [4.69, 9.17) is 0 Å². The Labute approximate surface area is 166 Å². The van der Waals surface area contributed by atoms with Crippen molar-refractivity contribution >= 4 is 0 Å². The lowest BCUT2D eigenvalue weighted by molar-refractivity contribution is 0.139. The Kier molecular flexibility index (Phi) is 6.25. The summed E-state index contributed by atoms with van der Waals surface area (Å²) in [7, 11) is 0. The van der Waals surface area contributed by atoms with E-state index in [9.17, 15) is 4.39 Å². The van der Waals surface area contributed by atoms with Gasteiger partial charge < -0.3 is 0 Å². The molecule has 0 unspecified atom stereocenters. The van der Waals surface area contributed by atoms with E-state index < -0.39 is 0 Å². The molecule has 1 aromatic rings. The van der Waals surface area contributed by atoms with E-state index in [2.05, 4.69) is 6.07 Å². The van der Waals surface area contributed by atoms with Gasteiger partial charge in [0.15, 0.2) is 0 Å². The molecule has 0 nitrogen and oxygen atoms in total. The number of rotatable bonds is 6. The zero-order valence-corrected chi connectivity index (χ0v) is 17.6. The van der Waals surface area contributed by atoms with Crippen molar-refractivity contribution < 1.29 is 4.39 Å². The zero-order valence-electron chi connectivity index (χ0n) is 17.6. The van der Waals surface area contributed by atoms with Crippen molar-refractivity contribution in [3.05, 3.63) is 34.6 Å². The van der Waals surface area contributed by atoms with Crippen molar-refractivity contribution in [1.82, 2.24) is 0 Å². The maximum absolute atomic E-state index is 14.0. The lowest BCUT2D eigenvalue weighted by Gasteiger charge is -2.38. The van der Waals surface area contributed by atoms with Crippen LogP contribution in [0.1, 0.15) is 93.7 Å². The third-order valence-corrected chi connectivity index (χ3v) is 8.32. The maximum atomic E-state index is 14.0. The van der Waals surface area contributed by atoms with Crippen LogP contribution in [-0.2, 0) is 6.42 Å². The highest BCUT2D eigenvalue weighted by Crippen LogP contribution is 2.45. The minimum absolute atomic E-state index is 0.0222. The predicted octanol–water partition coefficient (Wildman–Crippen LogP) is 7.79. The van der Waals surface area contributed by atoms with Gasteiger partial charge in [-0.15, -0.1) is 0 Å². The largest absolute Gasteiger partial charge is 0.207 e. The fourth-order valence-electron chi connectivity index (χ4n) is 6.07. The van der Waals surface area contributed by atoms with Crippen LogP contribution < -0.4 is 0 Å². The molecular formula is C26H39F. The Balaban J connectivity index is 1.18. The van der Waals surface area contributed by atoms with Gasteiger partial charge in [0, 0.05) is 0 Å². The van der Waals surface area contributed by atoms with E-state index in [1.807, 2.05) is 13.8 Å². The third kappa shape index (κ3) is 5.15. The SMILES string of the molecule is Cc1cc(CCC2CCC(C3CCC(CC4CC4)CC3)CC2)cc(F)c1C. The Morgan fingerprint density at radius 2 is 1.26 bits per heavy atom. The van der Waals surface area contributed by atoms with Gasteiger partial charge in [-0.05, 0) is 111 Å². The van der Waals surface area contributed by atoms with E-state index in [1.54, 1.807) is 12.5 Å². The second-order valence-electron chi connectivity index (χ2n) is 10.3. The summed E-state index contributed by atoms with van der Waals surface area (Å²) < 4.78 is 14.0. The monoisotopic (exact) mass is 370 g/mol. The molecule has 1 aromatic carbocycles. The number of hydrogen-bond donors (Lipinski definition) is 0.